The van der Waals surface area contributed by atoms with Gasteiger partial charge in [0.25, 0.3) is 0 Å². The number of aromatic nitrogens is 3. The van der Waals surface area contributed by atoms with Crippen LogP contribution in [0.4, 0.5) is 0 Å². The Balaban J connectivity index is 1.21. The maximum atomic E-state index is 12.6. The Labute approximate surface area is 181 Å². The number of morpholine rings is 1. The van der Waals surface area contributed by atoms with Crippen molar-refractivity contribution in [3.63, 3.8) is 0 Å². The molecule has 9 heteroatoms. The van der Waals surface area contributed by atoms with E-state index in [1.807, 2.05) is 23.1 Å². The number of carbonyl (C=O) groups excluding carboxylic acids is 2. The maximum Gasteiger partial charge on any atom is 0.223 e. The van der Waals surface area contributed by atoms with Crippen molar-refractivity contribution >= 4 is 11.8 Å². The molecule has 2 aromatic heterocycles. The number of H-pyrrole nitrogens is 1. The lowest BCUT2D eigenvalue weighted by Gasteiger charge is -2.33. The van der Waals surface area contributed by atoms with Crippen molar-refractivity contribution in [2.75, 3.05) is 46.0 Å². The zero-order valence-corrected chi connectivity index (χ0v) is 17.7. The standard InChI is InChI=1S/C22H29N5O4/c28-21(26-10-12-30-13-11-26)5-6-22(29)27-9-1-2-17(15-27)16-31-18-3-4-19(23-14-18)20-7-8-24-25-20/h3-4,7-8,14,17H,1-2,5-6,9-13,15-16H2,(H,24,25)/t17-/m1/s1. The second-order valence-electron chi connectivity index (χ2n) is 8.00. The van der Waals surface area contributed by atoms with Crippen molar-refractivity contribution in [3.05, 3.63) is 30.6 Å². The SMILES string of the molecule is O=C(CCC(=O)N1CCC[C@@H](COc2ccc(-c3ccn[nH]3)nc2)C1)N1CCOCC1. The molecule has 2 amide bonds. The van der Waals surface area contributed by atoms with Crippen molar-refractivity contribution in [1.82, 2.24) is 25.0 Å². The van der Waals surface area contributed by atoms with Gasteiger partial charge in [0, 0.05) is 51.1 Å². The molecule has 4 rings (SSSR count). The molecule has 0 saturated carbocycles. The summed E-state index contributed by atoms with van der Waals surface area (Å²) in [6.07, 6.45) is 5.91. The van der Waals surface area contributed by atoms with E-state index in [0.29, 0.717) is 45.2 Å². The normalized spacial score (nSPS) is 19.3. The molecule has 0 unspecified atom stereocenters. The van der Waals surface area contributed by atoms with Crippen LogP contribution in [0.15, 0.2) is 30.6 Å². The quantitative estimate of drug-likeness (QED) is 0.722. The van der Waals surface area contributed by atoms with Crippen LogP contribution in [-0.2, 0) is 14.3 Å². The summed E-state index contributed by atoms with van der Waals surface area (Å²) >= 11 is 0. The summed E-state index contributed by atoms with van der Waals surface area (Å²) in [5.74, 6) is 1.08. The highest BCUT2D eigenvalue weighted by atomic mass is 16.5. The Bertz CT molecular complexity index is 849. The fraction of sp³-hybridized carbons (Fsp3) is 0.545. The highest BCUT2D eigenvalue weighted by Gasteiger charge is 2.25. The number of hydrogen-bond acceptors (Lipinski definition) is 6. The zero-order valence-electron chi connectivity index (χ0n) is 17.7. The number of nitrogens with zero attached hydrogens (tertiary/aromatic N) is 4. The second kappa shape index (κ2) is 10.4. The number of rotatable bonds is 7. The molecule has 0 aliphatic carbocycles. The van der Waals surface area contributed by atoms with E-state index in [4.69, 9.17) is 9.47 Å². The number of amides is 2. The Morgan fingerprint density at radius 3 is 2.61 bits per heavy atom. The van der Waals surface area contributed by atoms with Crippen LogP contribution in [0.5, 0.6) is 5.75 Å². The van der Waals surface area contributed by atoms with Crippen molar-refractivity contribution in [3.8, 4) is 17.1 Å². The van der Waals surface area contributed by atoms with E-state index in [1.165, 1.54) is 0 Å². The Morgan fingerprint density at radius 1 is 1.10 bits per heavy atom. The first-order valence-corrected chi connectivity index (χ1v) is 10.9. The third-order valence-corrected chi connectivity index (χ3v) is 5.79. The zero-order chi connectivity index (χ0) is 21.5. The minimum Gasteiger partial charge on any atom is -0.492 e. The predicted molar refractivity (Wildman–Crippen MR) is 113 cm³/mol. The monoisotopic (exact) mass is 427 g/mol. The van der Waals surface area contributed by atoms with Gasteiger partial charge in [0.15, 0.2) is 0 Å². The molecule has 2 fully saturated rings. The summed E-state index contributed by atoms with van der Waals surface area (Å²) in [7, 11) is 0. The van der Waals surface area contributed by atoms with Gasteiger partial charge in [0.1, 0.15) is 5.75 Å². The summed E-state index contributed by atoms with van der Waals surface area (Å²) < 4.78 is 11.2. The number of hydrogen-bond donors (Lipinski definition) is 1. The number of aromatic amines is 1. The summed E-state index contributed by atoms with van der Waals surface area (Å²) in [6, 6.07) is 5.65. The first-order valence-electron chi connectivity index (χ1n) is 10.9. The molecule has 0 aromatic carbocycles. The Hall–Kier alpha value is -2.94. The molecular weight excluding hydrogens is 398 g/mol. The number of likely N-dealkylation sites (tertiary alicyclic amines) is 1. The van der Waals surface area contributed by atoms with Gasteiger partial charge in [-0.15, -0.1) is 0 Å². The van der Waals surface area contributed by atoms with Crippen molar-refractivity contribution in [2.24, 2.45) is 5.92 Å². The lowest BCUT2D eigenvalue weighted by molar-refractivity contribution is -0.140. The van der Waals surface area contributed by atoms with E-state index in [9.17, 15) is 9.59 Å². The fourth-order valence-electron chi connectivity index (χ4n) is 4.01. The largest absolute Gasteiger partial charge is 0.492 e. The number of carbonyl (C=O) groups is 2. The van der Waals surface area contributed by atoms with Crippen molar-refractivity contribution in [2.45, 2.75) is 25.7 Å². The maximum absolute atomic E-state index is 12.6. The molecule has 2 aromatic rings. The number of ether oxygens (including phenoxy) is 2. The van der Waals surface area contributed by atoms with Gasteiger partial charge < -0.3 is 19.3 Å². The molecule has 2 aliphatic heterocycles. The second-order valence-corrected chi connectivity index (χ2v) is 8.00. The first-order chi connectivity index (χ1) is 15.2. The summed E-state index contributed by atoms with van der Waals surface area (Å²) in [6.45, 7) is 4.36. The smallest absolute Gasteiger partial charge is 0.223 e. The van der Waals surface area contributed by atoms with Crippen molar-refractivity contribution in [1.29, 1.82) is 0 Å². The van der Waals surface area contributed by atoms with Gasteiger partial charge in [-0.3, -0.25) is 19.7 Å². The van der Waals surface area contributed by atoms with E-state index < -0.39 is 0 Å². The molecule has 2 aliphatic rings. The number of nitrogens with one attached hydrogen (secondary N) is 1. The van der Waals surface area contributed by atoms with Gasteiger partial charge >= 0.3 is 0 Å². The van der Waals surface area contributed by atoms with Gasteiger partial charge in [0.05, 0.1) is 37.4 Å². The Kier molecular flexibility index (Phi) is 7.14. The van der Waals surface area contributed by atoms with Gasteiger partial charge in [-0.05, 0) is 31.0 Å². The first kappa shape index (κ1) is 21.3. The molecule has 1 N–H and O–H groups in total. The molecule has 4 heterocycles. The van der Waals surface area contributed by atoms with Gasteiger partial charge in [0.2, 0.25) is 11.8 Å². The molecule has 2 saturated heterocycles. The molecular formula is C22H29N5O4. The van der Waals surface area contributed by atoms with Gasteiger partial charge in [-0.1, -0.05) is 0 Å². The summed E-state index contributed by atoms with van der Waals surface area (Å²) in [5, 5.41) is 6.82. The molecule has 166 valence electrons. The fourth-order valence-corrected chi connectivity index (χ4v) is 4.01. The third-order valence-electron chi connectivity index (χ3n) is 5.79. The minimum atomic E-state index is 0.0413. The van der Waals surface area contributed by atoms with Crippen LogP contribution in [0, 0.1) is 5.92 Å². The van der Waals surface area contributed by atoms with E-state index in [-0.39, 0.29) is 30.6 Å². The van der Waals surface area contributed by atoms with Crippen LogP contribution in [0.3, 0.4) is 0 Å². The van der Waals surface area contributed by atoms with Gasteiger partial charge in [-0.25, -0.2) is 0 Å². The highest BCUT2D eigenvalue weighted by molar-refractivity contribution is 5.84. The third kappa shape index (κ3) is 5.81. The van der Waals surface area contributed by atoms with Gasteiger partial charge in [-0.2, -0.15) is 5.10 Å². The van der Waals surface area contributed by atoms with E-state index in [1.54, 1.807) is 17.3 Å². The molecule has 0 radical (unpaired) electrons. The van der Waals surface area contributed by atoms with Crippen LogP contribution in [0.2, 0.25) is 0 Å². The average molecular weight is 428 g/mol. The number of piperidine rings is 1. The lowest BCUT2D eigenvalue weighted by Crippen LogP contribution is -2.43. The highest BCUT2D eigenvalue weighted by Crippen LogP contribution is 2.21. The molecule has 0 bridgehead atoms. The summed E-state index contributed by atoms with van der Waals surface area (Å²) in [4.78, 5) is 33.0. The number of pyridine rings is 1. The van der Waals surface area contributed by atoms with Crippen LogP contribution in [0.1, 0.15) is 25.7 Å². The molecule has 1 atom stereocenters. The van der Waals surface area contributed by atoms with E-state index in [2.05, 4.69) is 15.2 Å². The predicted octanol–water partition coefficient (Wildman–Crippen LogP) is 1.73. The van der Waals surface area contributed by atoms with Crippen LogP contribution >= 0.6 is 0 Å². The minimum absolute atomic E-state index is 0.0413. The van der Waals surface area contributed by atoms with Crippen LogP contribution in [0.25, 0.3) is 11.4 Å². The topological polar surface area (TPSA) is 101 Å². The van der Waals surface area contributed by atoms with Crippen LogP contribution < -0.4 is 4.74 Å². The Morgan fingerprint density at radius 2 is 1.90 bits per heavy atom. The lowest BCUT2D eigenvalue weighted by atomic mass is 9.98. The summed E-state index contributed by atoms with van der Waals surface area (Å²) in [5.41, 5.74) is 1.67. The van der Waals surface area contributed by atoms with E-state index in [0.717, 1.165) is 30.8 Å². The molecule has 9 nitrogen and oxygen atoms in total. The average Bonchev–Trinajstić information content (AvgIpc) is 3.37. The van der Waals surface area contributed by atoms with E-state index >= 15 is 0 Å². The van der Waals surface area contributed by atoms with Crippen LogP contribution in [-0.4, -0.2) is 82.8 Å². The molecule has 31 heavy (non-hydrogen) atoms. The molecule has 0 spiro atoms. The van der Waals surface area contributed by atoms with Crippen molar-refractivity contribution < 1.29 is 19.1 Å².